The van der Waals surface area contributed by atoms with Crippen molar-refractivity contribution in [2.45, 2.75) is 57.8 Å². The Balaban J connectivity index is 2.27. The Morgan fingerprint density at radius 1 is 1.05 bits per heavy atom. The average Bonchev–Trinajstić information content (AvgIpc) is 2.46. The molecular weight excluding hydrogens is 264 g/mol. The van der Waals surface area contributed by atoms with Crippen LogP contribution in [0.2, 0.25) is 0 Å². The molecule has 0 aliphatic carbocycles. The highest BCUT2D eigenvalue weighted by molar-refractivity contribution is 6.66. The van der Waals surface area contributed by atoms with Crippen molar-refractivity contribution in [1.82, 2.24) is 0 Å². The summed E-state index contributed by atoms with van der Waals surface area (Å²) in [5.74, 6) is -3.13. The van der Waals surface area contributed by atoms with Crippen molar-refractivity contribution in [3.63, 3.8) is 0 Å². The molecule has 114 valence electrons. The molecule has 6 nitrogen and oxygen atoms in total. The van der Waals surface area contributed by atoms with Crippen molar-refractivity contribution in [1.29, 1.82) is 0 Å². The zero-order valence-corrected chi connectivity index (χ0v) is 11.8. The summed E-state index contributed by atoms with van der Waals surface area (Å²) in [4.78, 5) is 34.1. The number of aliphatic hydroxyl groups is 1. The number of carbonyl (C=O) groups excluding carboxylic acids is 3. The summed E-state index contributed by atoms with van der Waals surface area (Å²) >= 11 is 0. The van der Waals surface area contributed by atoms with Gasteiger partial charge in [0.15, 0.2) is 6.10 Å². The lowest BCUT2D eigenvalue weighted by Crippen LogP contribution is -2.51. The van der Waals surface area contributed by atoms with Crippen LogP contribution in [-0.2, 0) is 23.9 Å². The van der Waals surface area contributed by atoms with E-state index >= 15 is 0 Å². The Morgan fingerprint density at radius 3 is 2.35 bits per heavy atom. The lowest BCUT2D eigenvalue weighted by Gasteiger charge is -2.25. The number of ketones is 3. The minimum atomic E-state index is -1.35. The van der Waals surface area contributed by atoms with Gasteiger partial charge in [-0.3, -0.25) is 14.4 Å². The van der Waals surface area contributed by atoms with Crippen molar-refractivity contribution in [3.8, 4) is 0 Å². The molecule has 1 aliphatic rings. The van der Waals surface area contributed by atoms with Gasteiger partial charge in [-0.1, -0.05) is 39.0 Å². The van der Waals surface area contributed by atoms with Crippen LogP contribution in [0.15, 0.2) is 0 Å². The lowest BCUT2D eigenvalue weighted by atomic mass is 10.0. The number of rotatable bonds is 9. The molecule has 0 bridgehead atoms. The summed E-state index contributed by atoms with van der Waals surface area (Å²) in [6.45, 7) is 1.81. The second-order valence-electron chi connectivity index (χ2n) is 4.84. The summed E-state index contributed by atoms with van der Waals surface area (Å²) in [5, 5.41) is 8.91. The number of unbranched alkanes of at least 4 members (excludes halogenated alkanes) is 5. The Labute approximate surface area is 118 Å². The second-order valence-corrected chi connectivity index (χ2v) is 4.84. The Kier molecular flexibility index (Phi) is 7.58. The van der Waals surface area contributed by atoms with Crippen LogP contribution < -0.4 is 0 Å². The SMILES string of the molecule is CCCCCCCCO[C@H]1O[C@@H](CO)C(=O)C(=O)C1=O. The van der Waals surface area contributed by atoms with E-state index in [0.29, 0.717) is 6.61 Å². The molecule has 0 aromatic heterocycles. The van der Waals surface area contributed by atoms with Gasteiger partial charge in [0.05, 0.1) is 13.2 Å². The van der Waals surface area contributed by atoms with Gasteiger partial charge >= 0.3 is 0 Å². The molecule has 0 spiro atoms. The maximum Gasteiger partial charge on any atom is 0.272 e. The summed E-state index contributed by atoms with van der Waals surface area (Å²) in [7, 11) is 0. The van der Waals surface area contributed by atoms with Crippen molar-refractivity contribution >= 4 is 17.3 Å². The fraction of sp³-hybridized carbons (Fsp3) is 0.786. The first kappa shape index (κ1) is 16.9. The normalized spacial score (nSPS) is 23.4. The van der Waals surface area contributed by atoms with Crippen molar-refractivity contribution in [2.75, 3.05) is 13.2 Å². The lowest BCUT2D eigenvalue weighted by molar-refractivity contribution is -0.200. The predicted molar refractivity (Wildman–Crippen MR) is 70.1 cm³/mol. The van der Waals surface area contributed by atoms with Gasteiger partial charge in [0.25, 0.3) is 11.6 Å². The van der Waals surface area contributed by atoms with E-state index in [2.05, 4.69) is 6.92 Å². The van der Waals surface area contributed by atoms with Crippen LogP contribution in [0.4, 0.5) is 0 Å². The third kappa shape index (κ3) is 4.77. The zero-order chi connectivity index (χ0) is 15.0. The third-order valence-corrected chi connectivity index (χ3v) is 3.17. The Morgan fingerprint density at radius 2 is 1.70 bits per heavy atom. The zero-order valence-electron chi connectivity index (χ0n) is 11.8. The topological polar surface area (TPSA) is 89.9 Å². The molecule has 2 atom stereocenters. The smallest absolute Gasteiger partial charge is 0.272 e. The summed E-state index contributed by atoms with van der Waals surface area (Å²) in [6.07, 6.45) is 3.78. The molecule has 0 amide bonds. The summed E-state index contributed by atoms with van der Waals surface area (Å²) < 4.78 is 10.2. The molecule has 0 radical (unpaired) electrons. The first-order chi connectivity index (χ1) is 9.61. The van der Waals surface area contributed by atoms with Crippen molar-refractivity contribution in [2.24, 2.45) is 0 Å². The highest BCUT2D eigenvalue weighted by atomic mass is 16.7. The van der Waals surface area contributed by atoms with E-state index in [4.69, 9.17) is 14.6 Å². The monoisotopic (exact) mass is 286 g/mol. The average molecular weight is 286 g/mol. The fourth-order valence-corrected chi connectivity index (χ4v) is 1.96. The van der Waals surface area contributed by atoms with Gasteiger partial charge in [0, 0.05) is 0 Å². The number of aliphatic hydroxyl groups excluding tert-OH is 1. The summed E-state index contributed by atoms with van der Waals surface area (Å²) in [6, 6.07) is 0. The molecule has 0 aromatic rings. The maximum atomic E-state index is 11.5. The molecule has 1 N–H and O–H groups in total. The van der Waals surface area contributed by atoms with Gasteiger partial charge in [-0.15, -0.1) is 0 Å². The van der Waals surface area contributed by atoms with Gasteiger partial charge in [-0.2, -0.15) is 0 Å². The van der Waals surface area contributed by atoms with Crippen LogP contribution in [-0.4, -0.2) is 48.1 Å². The van der Waals surface area contributed by atoms with Crippen LogP contribution in [0.5, 0.6) is 0 Å². The van der Waals surface area contributed by atoms with Crippen molar-refractivity contribution < 1.29 is 29.0 Å². The predicted octanol–water partition coefficient (Wildman–Crippen LogP) is 0.788. The van der Waals surface area contributed by atoms with E-state index in [1.807, 2.05) is 0 Å². The molecule has 1 rings (SSSR count). The quantitative estimate of drug-likeness (QED) is 0.498. The third-order valence-electron chi connectivity index (χ3n) is 3.17. The molecular formula is C14H22O6. The van der Waals surface area contributed by atoms with Crippen LogP contribution in [0.25, 0.3) is 0 Å². The molecule has 0 aromatic carbocycles. The number of hydrogen-bond acceptors (Lipinski definition) is 6. The van der Waals surface area contributed by atoms with E-state index < -0.39 is 36.4 Å². The molecule has 20 heavy (non-hydrogen) atoms. The van der Waals surface area contributed by atoms with E-state index in [0.717, 1.165) is 19.3 Å². The highest BCUT2D eigenvalue weighted by Crippen LogP contribution is 2.13. The van der Waals surface area contributed by atoms with Crippen molar-refractivity contribution in [3.05, 3.63) is 0 Å². The standard InChI is InChI=1S/C14H22O6/c1-2-3-4-5-6-7-8-19-14-13(18)12(17)11(16)10(9-15)20-14/h10,14-15H,2-9H2,1H3/t10-,14-/m0/s1. The van der Waals surface area contributed by atoms with E-state index in [9.17, 15) is 14.4 Å². The number of hydrogen-bond donors (Lipinski definition) is 1. The van der Waals surface area contributed by atoms with E-state index in [1.165, 1.54) is 19.3 Å². The van der Waals surface area contributed by atoms with Gasteiger partial charge in [-0.05, 0) is 6.42 Å². The maximum absolute atomic E-state index is 11.5. The number of Topliss-reactive ketones (excluding diaryl/α,β-unsaturated/α-hetero) is 3. The van der Waals surface area contributed by atoms with Gasteiger partial charge in [-0.25, -0.2) is 0 Å². The molecule has 1 fully saturated rings. The Bertz CT molecular complexity index is 352. The summed E-state index contributed by atoms with van der Waals surface area (Å²) in [5.41, 5.74) is 0. The molecule has 0 unspecified atom stereocenters. The minimum Gasteiger partial charge on any atom is -0.393 e. The molecule has 6 heteroatoms. The van der Waals surface area contributed by atoms with Gasteiger partial charge in [0.2, 0.25) is 12.1 Å². The van der Waals surface area contributed by atoms with Gasteiger partial charge in [0.1, 0.15) is 0 Å². The minimum absolute atomic E-state index is 0.294. The van der Waals surface area contributed by atoms with Crippen LogP contribution >= 0.6 is 0 Å². The Hall–Kier alpha value is -1.11. The molecule has 1 aliphatic heterocycles. The van der Waals surface area contributed by atoms with Crippen LogP contribution in [0.3, 0.4) is 0 Å². The molecule has 1 saturated heterocycles. The molecule has 1 heterocycles. The van der Waals surface area contributed by atoms with Crippen LogP contribution in [0, 0.1) is 0 Å². The first-order valence-electron chi connectivity index (χ1n) is 7.12. The van der Waals surface area contributed by atoms with E-state index in [-0.39, 0.29) is 0 Å². The number of ether oxygens (including phenoxy) is 2. The van der Waals surface area contributed by atoms with E-state index in [1.54, 1.807) is 0 Å². The number of carbonyl (C=O) groups is 3. The second kappa shape index (κ2) is 8.94. The highest BCUT2D eigenvalue weighted by Gasteiger charge is 2.43. The largest absolute Gasteiger partial charge is 0.393 e. The van der Waals surface area contributed by atoms with Gasteiger partial charge < -0.3 is 14.6 Å². The van der Waals surface area contributed by atoms with Crippen LogP contribution in [0.1, 0.15) is 45.4 Å². The first-order valence-corrected chi connectivity index (χ1v) is 7.12. The fourth-order valence-electron chi connectivity index (χ4n) is 1.96. The molecule has 0 saturated carbocycles.